The van der Waals surface area contributed by atoms with E-state index in [9.17, 15) is 10.1 Å². The third-order valence-electron chi connectivity index (χ3n) is 1.60. The van der Waals surface area contributed by atoms with Crippen LogP contribution in [0.3, 0.4) is 0 Å². The van der Waals surface area contributed by atoms with E-state index in [1.54, 1.807) is 11.4 Å². The summed E-state index contributed by atoms with van der Waals surface area (Å²) in [6.45, 7) is 1.37. The van der Waals surface area contributed by atoms with Crippen molar-refractivity contribution in [1.82, 2.24) is 5.32 Å². The average molecular weight is 210 g/mol. The van der Waals surface area contributed by atoms with Gasteiger partial charge in [-0.2, -0.15) is 0 Å². The van der Waals surface area contributed by atoms with Crippen LogP contribution in [0, 0.1) is 22.5 Å². The van der Waals surface area contributed by atoms with Crippen molar-refractivity contribution in [3.05, 3.63) is 27.1 Å². The van der Waals surface area contributed by atoms with Gasteiger partial charge in [0.1, 0.15) is 0 Å². The Morgan fingerprint density at radius 3 is 3.07 bits per heavy atom. The highest BCUT2D eigenvalue weighted by Gasteiger charge is 2.08. The Morgan fingerprint density at radius 1 is 1.71 bits per heavy atom. The number of hydrogen-bond donors (Lipinski definition) is 1. The Kier molecular flexibility index (Phi) is 4.11. The molecule has 0 aliphatic rings. The van der Waals surface area contributed by atoms with Crippen LogP contribution in [0.25, 0.3) is 0 Å². The molecule has 0 aliphatic carbocycles. The molecule has 0 fully saturated rings. The third-order valence-corrected chi connectivity index (χ3v) is 2.52. The Hall–Kier alpha value is -1.38. The van der Waals surface area contributed by atoms with Crippen molar-refractivity contribution in [2.45, 2.75) is 13.0 Å². The van der Waals surface area contributed by atoms with Gasteiger partial charge in [0, 0.05) is 31.0 Å². The van der Waals surface area contributed by atoms with E-state index < -0.39 is 0 Å². The lowest BCUT2D eigenvalue weighted by Crippen LogP contribution is -2.13. The summed E-state index contributed by atoms with van der Waals surface area (Å²) in [4.78, 5) is 9.98. The number of rotatable bonds is 5. The summed E-state index contributed by atoms with van der Waals surface area (Å²) in [6, 6.07) is 1.58. The van der Waals surface area contributed by atoms with Gasteiger partial charge in [0.05, 0.1) is 4.92 Å². The molecule has 0 bridgehead atoms. The van der Waals surface area contributed by atoms with Crippen molar-refractivity contribution in [3.8, 4) is 12.3 Å². The van der Waals surface area contributed by atoms with Crippen LogP contribution in [0.1, 0.15) is 12.0 Å². The second-order valence-corrected chi connectivity index (χ2v) is 3.57. The van der Waals surface area contributed by atoms with Gasteiger partial charge in [-0.1, -0.05) is 11.3 Å². The zero-order valence-corrected chi connectivity index (χ0v) is 8.34. The second kappa shape index (κ2) is 5.37. The average Bonchev–Trinajstić information content (AvgIpc) is 2.61. The molecule has 0 unspecified atom stereocenters. The van der Waals surface area contributed by atoms with Crippen LogP contribution < -0.4 is 5.32 Å². The first-order valence-corrected chi connectivity index (χ1v) is 4.98. The van der Waals surface area contributed by atoms with Crippen molar-refractivity contribution in [1.29, 1.82) is 0 Å². The molecular weight excluding hydrogens is 200 g/mol. The first-order chi connectivity index (χ1) is 6.74. The molecule has 14 heavy (non-hydrogen) atoms. The largest absolute Gasteiger partial charge is 0.324 e. The minimum atomic E-state index is -0.379. The molecule has 1 aromatic heterocycles. The third kappa shape index (κ3) is 3.17. The quantitative estimate of drug-likeness (QED) is 0.349. The highest BCUT2D eigenvalue weighted by Crippen LogP contribution is 2.22. The first kappa shape index (κ1) is 10.7. The summed E-state index contributed by atoms with van der Waals surface area (Å²) in [5.74, 6) is 2.51. The molecule has 0 saturated carbocycles. The van der Waals surface area contributed by atoms with Gasteiger partial charge in [0.2, 0.25) is 0 Å². The van der Waals surface area contributed by atoms with E-state index in [2.05, 4.69) is 11.2 Å². The highest BCUT2D eigenvalue weighted by molar-refractivity contribution is 7.13. The van der Waals surface area contributed by atoms with Crippen molar-refractivity contribution < 1.29 is 4.92 Å². The molecule has 0 amide bonds. The van der Waals surface area contributed by atoms with E-state index in [4.69, 9.17) is 6.42 Å². The molecule has 0 radical (unpaired) electrons. The van der Waals surface area contributed by atoms with Crippen molar-refractivity contribution in [2.24, 2.45) is 0 Å². The van der Waals surface area contributed by atoms with Gasteiger partial charge < -0.3 is 5.32 Å². The Morgan fingerprint density at radius 2 is 2.50 bits per heavy atom. The van der Waals surface area contributed by atoms with Gasteiger partial charge in [-0.15, -0.1) is 12.3 Å². The zero-order chi connectivity index (χ0) is 10.4. The van der Waals surface area contributed by atoms with Gasteiger partial charge in [-0.25, -0.2) is 0 Å². The van der Waals surface area contributed by atoms with E-state index in [0.717, 1.165) is 23.4 Å². The first-order valence-electron chi connectivity index (χ1n) is 4.10. The van der Waals surface area contributed by atoms with Gasteiger partial charge in [0.15, 0.2) is 0 Å². The summed E-state index contributed by atoms with van der Waals surface area (Å²) in [5.41, 5.74) is 0.929. The van der Waals surface area contributed by atoms with Crippen LogP contribution in [0.5, 0.6) is 0 Å². The van der Waals surface area contributed by atoms with Crippen LogP contribution in [-0.4, -0.2) is 11.5 Å². The fourth-order valence-corrected chi connectivity index (χ4v) is 1.67. The normalized spacial score (nSPS) is 9.64. The van der Waals surface area contributed by atoms with Crippen molar-refractivity contribution in [2.75, 3.05) is 6.54 Å². The molecule has 1 heterocycles. The molecule has 4 nitrogen and oxygen atoms in total. The number of thiophene rings is 1. The molecule has 1 aromatic rings. The number of nitro groups is 1. The summed E-state index contributed by atoms with van der Waals surface area (Å²) in [6.07, 6.45) is 5.75. The molecule has 0 spiro atoms. The van der Waals surface area contributed by atoms with Crippen LogP contribution in [-0.2, 0) is 6.54 Å². The lowest BCUT2D eigenvalue weighted by Gasteiger charge is -1.97. The maximum Gasteiger partial charge on any atom is 0.324 e. The maximum absolute atomic E-state index is 10.4. The van der Waals surface area contributed by atoms with E-state index in [0.29, 0.717) is 13.0 Å². The van der Waals surface area contributed by atoms with Gasteiger partial charge in [0.25, 0.3) is 0 Å². The van der Waals surface area contributed by atoms with Crippen LogP contribution in [0.15, 0.2) is 11.4 Å². The SMILES string of the molecule is C#CCCNCc1csc([N+](=O)[O-])c1. The topological polar surface area (TPSA) is 55.2 Å². The standard InChI is InChI=1S/C9H10N2O2S/c1-2-3-4-10-6-8-5-9(11(12)13)14-7-8/h1,5,7,10H,3-4,6H2. The molecule has 5 heteroatoms. The van der Waals surface area contributed by atoms with E-state index >= 15 is 0 Å². The second-order valence-electron chi connectivity index (χ2n) is 2.68. The Bertz CT molecular complexity index is 354. The van der Waals surface area contributed by atoms with Crippen molar-refractivity contribution >= 4 is 16.3 Å². The number of terminal acetylenes is 1. The number of nitrogens with zero attached hydrogens (tertiary/aromatic N) is 1. The van der Waals surface area contributed by atoms with E-state index in [-0.39, 0.29) is 9.92 Å². The minimum absolute atomic E-state index is 0.179. The predicted molar refractivity (Wildman–Crippen MR) is 56.1 cm³/mol. The maximum atomic E-state index is 10.4. The molecule has 0 aliphatic heterocycles. The Balaban J connectivity index is 2.37. The monoisotopic (exact) mass is 210 g/mol. The molecule has 0 atom stereocenters. The molecule has 1 N–H and O–H groups in total. The highest BCUT2D eigenvalue weighted by atomic mass is 32.1. The summed E-state index contributed by atoms with van der Waals surface area (Å²) in [7, 11) is 0. The summed E-state index contributed by atoms with van der Waals surface area (Å²) in [5, 5.41) is 15.4. The molecule has 74 valence electrons. The van der Waals surface area contributed by atoms with Gasteiger partial charge in [-0.3, -0.25) is 10.1 Å². The van der Waals surface area contributed by atoms with Crippen molar-refractivity contribution in [3.63, 3.8) is 0 Å². The Labute approximate surface area is 86.1 Å². The lowest BCUT2D eigenvalue weighted by atomic mass is 10.3. The summed E-state index contributed by atoms with van der Waals surface area (Å²) >= 11 is 1.14. The predicted octanol–water partition coefficient (Wildman–Crippen LogP) is 1.77. The fourth-order valence-electron chi connectivity index (χ4n) is 0.944. The fraction of sp³-hybridized carbons (Fsp3) is 0.333. The number of nitrogens with one attached hydrogen (secondary N) is 1. The van der Waals surface area contributed by atoms with Gasteiger partial charge in [-0.05, 0) is 5.56 Å². The summed E-state index contributed by atoms with van der Waals surface area (Å²) < 4.78 is 0. The number of hydrogen-bond acceptors (Lipinski definition) is 4. The minimum Gasteiger partial charge on any atom is -0.312 e. The molecule has 0 saturated heterocycles. The lowest BCUT2D eigenvalue weighted by molar-refractivity contribution is -0.380. The van der Waals surface area contributed by atoms with E-state index in [1.807, 2.05) is 0 Å². The van der Waals surface area contributed by atoms with Crippen LogP contribution in [0.2, 0.25) is 0 Å². The molecule has 1 rings (SSSR count). The molecule has 0 aromatic carbocycles. The zero-order valence-electron chi connectivity index (χ0n) is 7.53. The van der Waals surface area contributed by atoms with Crippen LogP contribution >= 0.6 is 11.3 Å². The van der Waals surface area contributed by atoms with Crippen LogP contribution in [0.4, 0.5) is 5.00 Å². The van der Waals surface area contributed by atoms with E-state index in [1.165, 1.54) is 0 Å². The van der Waals surface area contributed by atoms with Gasteiger partial charge >= 0.3 is 5.00 Å². The molecular formula is C9H10N2O2S. The smallest absolute Gasteiger partial charge is 0.312 e.